The van der Waals surface area contributed by atoms with Crippen LogP contribution < -0.4 is 0 Å². The topological polar surface area (TPSA) is 37.4 Å². The summed E-state index contributed by atoms with van der Waals surface area (Å²) >= 11 is 3.62. The molecule has 0 radical (unpaired) electrons. The number of nitrogens with zero attached hydrogens (tertiary/aromatic N) is 1. The summed E-state index contributed by atoms with van der Waals surface area (Å²) in [6.45, 7) is 2.48. The molecule has 18 heavy (non-hydrogen) atoms. The average Bonchev–Trinajstić information content (AvgIpc) is 2.58. The highest BCUT2D eigenvalue weighted by Crippen LogP contribution is 2.38. The molecule has 2 aliphatic rings. The first-order valence-corrected chi connectivity index (χ1v) is 8.10. The van der Waals surface area contributed by atoms with Crippen molar-refractivity contribution in [1.29, 1.82) is 0 Å². The van der Waals surface area contributed by atoms with Gasteiger partial charge in [-0.2, -0.15) is 0 Å². The van der Waals surface area contributed by atoms with Gasteiger partial charge in [0.15, 0.2) is 0 Å². The molecule has 0 aromatic carbocycles. The van der Waals surface area contributed by atoms with Gasteiger partial charge in [-0.05, 0) is 18.3 Å². The van der Waals surface area contributed by atoms with Gasteiger partial charge in [0.2, 0.25) is 11.8 Å². The molecule has 1 aliphatic carbocycles. The largest absolute Gasteiger partial charge is 0.282 e. The highest BCUT2D eigenvalue weighted by Gasteiger charge is 2.41. The van der Waals surface area contributed by atoms with Crippen molar-refractivity contribution in [1.82, 2.24) is 4.90 Å². The van der Waals surface area contributed by atoms with Crippen molar-refractivity contribution in [2.75, 3.05) is 11.9 Å². The molecule has 1 saturated heterocycles. The van der Waals surface area contributed by atoms with Gasteiger partial charge in [0, 0.05) is 24.2 Å². The van der Waals surface area contributed by atoms with E-state index in [1.165, 1.54) is 30.6 Å². The number of alkyl halides is 1. The van der Waals surface area contributed by atoms with E-state index in [-0.39, 0.29) is 23.1 Å². The predicted octanol–water partition coefficient (Wildman–Crippen LogP) is 3.12. The quantitative estimate of drug-likeness (QED) is 0.456. The minimum atomic E-state index is -0.115. The summed E-state index contributed by atoms with van der Waals surface area (Å²) < 4.78 is 0. The molecule has 2 amide bonds. The highest BCUT2D eigenvalue weighted by atomic mass is 79.9. The Morgan fingerprint density at radius 1 is 1.22 bits per heavy atom. The monoisotopic (exact) mass is 315 g/mol. The zero-order chi connectivity index (χ0) is 13.2. The highest BCUT2D eigenvalue weighted by molar-refractivity contribution is 9.09. The Labute approximate surface area is 117 Å². The molecule has 0 N–H and O–H groups in total. The SMILES string of the molecule is CC1CC(=O)N(CC2(CBr)CCCCCC2)C1=O. The summed E-state index contributed by atoms with van der Waals surface area (Å²) in [6.07, 6.45) is 7.67. The Bertz CT molecular complexity index is 335. The molecule has 3 nitrogen and oxygen atoms in total. The van der Waals surface area contributed by atoms with Gasteiger partial charge in [-0.25, -0.2) is 0 Å². The van der Waals surface area contributed by atoms with E-state index in [0.29, 0.717) is 13.0 Å². The first-order valence-electron chi connectivity index (χ1n) is 6.98. The van der Waals surface area contributed by atoms with E-state index in [2.05, 4.69) is 15.9 Å². The molecule has 1 unspecified atom stereocenters. The van der Waals surface area contributed by atoms with Crippen molar-refractivity contribution in [3.8, 4) is 0 Å². The summed E-state index contributed by atoms with van der Waals surface area (Å²) in [4.78, 5) is 25.5. The lowest BCUT2D eigenvalue weighted by Gasteiger charge is -2.34. The van der Waals surface area contributed by atoms with Gasteiger partial charge in [-0.1, -0.05) is 48.5 Å². The number of halogens is 1. The third-order valence-corrected chi connectivity index (χ3v) is 5.60. The lowest BCUT2D eigenvalue weighted by Crippen LogP contribution is -2.42. The number of rotatable bonds is 3. The molecular weight excluding hydrogens is 294 g/mol. The molecule has 0 spiro atoms. The molecule has 0 aromatic heterocycles. The molecule has 1 aliphatic heterocycles. The van der Waals surface area contributed by atoms with Gasteiger partial charge < -0.3 is 0 Å². The van der Waals surface area contributed by atoms with Crippen molar-refractivity contribution in [2.45, 2.75) is 51.9 Å². The van der Waals surface area contributed by atoms with Gasteiger partial charge in [-0.3, -0.25) is 14.5 Å². The van der Waals surface area contributed by atoms with Crippen LogP contribution in [0.4, 0.5) is 0 Å². The minimum Gasteiger partial charge on any atom is -0.282 e. The fourth-order valence-corrected chi connectivity index (χ4v) is 3.90. The van der Waals surface area contributed by atoms with Crippen LogP contribution in [0.2, 0.25) is 0 Å². The maximum atomic E-state index is 12.0. The molecule has 4 heteroatoms. The van der Waals surface area contributed by atoms with Crippen LogP contribution in [0, 0.1) is 11.3 Å². The zero-order valence-corrected chi connectivity index (χ0v) is 12.7. The second kappa shape index (κ2) is 5.72. The number of carbonyl (C=O) groups is 2. The maximum Gasteiger partial charge on any atom is 0.232 e. The van der Waals surface area contributed by atoms with Gasteiger partial charge in [0.1, 0.15) is 0 Å². The summed E-state index contributed by atoms with van der Waals surface area (Å²) in [5.41, 5.74) is 0.117. The Hall–Kier alpha value is -0.380. The molecular formula is C14H22BrNO2. The first-order chi connectivity index (χ1) is 8.58. The summed E-state index contributed by atoms with van der Waals surface area (Å²) in [7, 11) is 0. The molecule has 2 fully saturated rings. The Balaban J connectivity index is 2.09. The fraction of sp³-hybridized carbons (Fsp3) is 0.857. The van der Waals surface area contributed by atoms with Crippen molar-refractivity contribution in [3.05, 3.63) is 0 Å². The summed E-state index contributed by atoms with van der Waals surface area (Å²) in [5.74, 6) is -0.0581. The second-order valence-electron chi connectivity index (χ2n) is 5.97. The van der Waals surface area contributed by atoms with E-state index in [0.717, 1.165) is 18.2 Å². The van der Waals surface area contributed by atoms with Crippen LogP contribution in [0.3, 0.4) is 0 Å². The number of carbonyl (C=O) groups excluding carboxylic acids is 2. The number of amides is 2. The first kappa shape index (κ1) is 14.0. The van der Waals surface area contributed by atoms with Crippen LogP contribution in [0.5, 0.6) is 0 Å². The second-order valence-corrected chi connectivity index (χ2v) is 6.53. The van der Waals surface area contributed by atoms with Crippen LogP contribution >= 0.6 is 15.9 Å². The third kappa shape index (κ3) is 2.79. The average molecular weight is 316 g/mol. The van der Waals surface area contributed by atoms with E-state index in [1.807, 2.05) is 6.92 Å². The molecule has 2 rings (SSSR count). The fourth-order valence-electron chi connectivity index (χ4n) is 3.16. The number of hydrogen-bond acceptors (Lipinski definition) is 2. The van der Waals surface area contributed by atoms with E-state index >= 15 is 0 Å². The van der Waals surface area contributed by atoms with Crippen molar-refractivity contribution in [3.63, 3.8) is 0 Å². The van der Waals surface area contributed by atoms with E-state index in [1.54, 1.807) is 0 Å². The number of hydrogen-bond donors (Lipinski definition) is 0. The van der Waals surface area contributed by atoms with Gasteiger partial charge in [0.05, 0.1) is 0 Å². The molecule has 0 bridgehead atoms. The van der Waals surface area contributed by atoms with E-state index in [4.69, 9.17) is 0 Å². The smallest absolute Gasteiger partial charge is 0.232 e. The Morgan fingerprint density at radius 3 is 2.28 bits per heavy atom. The Morgan fingerprint density at radius 2 is 1.83 bits per heavy atom. The van der Waals surface area contributed by atoms with Gasteiger partial charge >= 0.3 is 0 Å². The van der Waals surface area contributed by atoms with Crippen LogP contribution in [0.25, 0.3) is 0 Å². The van der Waals surface area contributed by atoms with Crippen molar-refractivity contribution < 1.29 is 9.59 Å². The van der Waals surface area contributed by atoms with Crippen molar-refractivity contribution >= 4 is 27.7 Å². The number of likely N-dealkylation sites (tertiary alicyclic amines) is 1. The predicted molar refractivity (Wildman–Crippen MR) is 74.4 cm³/mol. The lowest BCUT2D eigenvalue weighted by molar-refractivity contribution is -0.141. The van der Waals surface area contributed by atoms with Crippen molar-refractivity contribution in [2.24, 2.45) is 11.3 Å². The minimum absolute atomic E-state index is 0.0251. The van der Waals surface area contributed by atoms with E-state index < -0.39 is 0 Å². The zero-order valence-electron chi connectivity index (χ0n) is 11.1. The van der Waals surface area contributed by atoms with Crippen LogP contribution in [0.1, 0.15) is 51.9 Å². The molecule has 0 aromatic rings. The van der Waals surface area contributed by atoms with Crippen LogP contribution in [-0.2, 0) is 9.59 Å². The standard InChI is InChI=1S/C14H22BrNO2/c1-11-8-12(17)16(13(11)18)10-14(9-15)6-4-2-3-5-7-14/h11H,2-10H2,1H3. The van der Waals surface area contributed by atoms with E-state index in [9.17, 15) is 9.59 Å². The number of imide groups is 1. The lowest BCUT2D eigenvalue weighted by atomic mass is 9.82. The summed E-state index contributed by atoms with van der Waals surface area (Å²) in [5, 5.41) is 0.894. The summed E-state index contributed by atoms with van der Waals surface area (Å²) in [6, 6.07) is 0. The third-order valence-electron chi connectivity index (χ3n) is 4.41. The Kier molecular flexibility index (Phi) is 4.46. The normalized spacial score (nSPS) is 28.6. The molecule has 1 heterocycles. The van der Waals surface area contributed by atoms with Gasteiger partial charge in [0.25, 0.3) is 0 Å². The van der Waals surface area contributed by atoms with Gasteiger partial charge in [-0.15, -0.1) is 0 Å². The van der Waals surface area contributed by atoms with Crippen LogP contribution in [-0.4, -0.2) is 28.6 Å². The molecule has 1 saturated carbocycles. The molecule has 1 atom stereocenters. The van der Waals surface area contributed by atoms with Crippen LogP contribution in [0.15, 0.2) is 0 Å². The maximum absolute atomic E-state index is 12.0. The molecule has 102 valence electrons.